The van der Waals surface area contributed by atoms with Gasteiger partial charge in [0, 0.05) is 24.8 Å². The monoisotopic (exact) mass is 608 g/mol. The van der Waals surface area contributed by atoms with Crippen LogP contribution in [0.25, 0.3) is 0 Å². The molecule has 34 heavy (non-hydrogen) atoms. The molecular weight excluding hydrogens is 593 g/mol. The van der Waals surface area contributed by atoms with E-state index in [-0.39, 0.29) is 191 Å². The summed E-state index contributed by atoms with van der Waals surface area (Å²) < 4.78 is 0. The summed E-state index contributed by atoms with van der Waals surface area (Å²) in [6, 6.07) is 0. The van der Waals surface area contributed by atoms with Crippen LogP contribution in [0.4, 0.5) is 0 Å². The number of rotatable bonds is 10. The van der Waals surface area contributed by atoms with E-state index >= 15 is 0 Å². The van der Waals surface area contributed by atoms with E-state index in [1.807, 2.05) is 0 Å². The van der Waals surface area contributed by atoms with E-state index in [4.69, 9.17) is 20.4 Å². The van der Waals surface area contributed by atoms with Gasteiger partial charge in [0.25, 0.3) is 0 Å². The van der Waals surface area contributed by atoms with Gasteiger partial charge in [-0.15, -0.1) is 0 Å². The number of carbonyl (C=O) groups is 6. The Morgan fingerprint density at radius 1 is 0.588 bits per heavy atom. The first kappa shape index (κ1) is 56.8. The first-order valence-electron chi connectivity index (χ1n) is 6.48. The summed E-state index contributed by atoms with van der Waals surface area (Å²) in [5, 5.41) is 95.5. The molecule has 0 aliphatic carbocycles. The van der Waals surface area contributed by atoms with Crippen molar-refractivity contribution in [2.45, 2.75) is 36.3 Å². The Morgan fingerprint density at radius 2 is 0.765 bits per heavy atom. The molecule has 0 aromatic heterocycles. The molecule has 172 valence electrons. The van der Waals surface area contributed by atoms with Crippen molar-refractivity contribution >= 4 is 218 Å². The topological polar surface area (TPSA) is 322 Å². The standard InChI is InChI=1S/2C6H8O8.3Ca.3Mg.6H/c2*7-2(8)1-6(14,5(12)13)3(9)4(10)11;;;;;;;;;;;;/h2*3,9,14H,1H2,(H,7,8)(H,10,11)(H,12,13);;;;;;;;;;;;/q;;6*+2;6*-1/p-6. The number of carboxylic acid groups (broad SMARTS) is 6. The minimum Gasteiger partial charge on any atom is -1.00 e. The fourth-order valence-corrected chi connectivity index (χ4v) is 1.39. The maximum atomic E-state index is 10.2. The summed E-state index contributed by atoms with van der Waals surface area (Å²) in [6.45, 7) is 0. The summed E-state index contributed by atoms with van der Waals surface area (Å²) in [5.74, 6) is -13.7. The Balaban J connectivity index is -0.0000000217. The Morgan fingerprint density at radius 3 is 0.853 bits per heavy atom. The van der Waals surface area contributed by atoms with Crippen LogP contribution >= 0.6 is 0 Å². The molecule has 0 saturated carbocycles. The summed E-state index contributed by atoms with van der Waals surface area (Å²) >= 11 is 0. The fourth-order valence-electron chi connectivity index (χ4n) is 1.39. The maximum Gasteiger partial charge on any atom is 2.00 e. The fraction of sp³-hybridized carbons (Fsp3) is 0.500. The van der Waals surface area contributed by atoms with E-state index in [0.717, 1.165) is 0 Å². The SMILES string of the molecule is O=C([O-])CC(O)(C(=O)[O-])C(O)C(=O)[O-].O=C([O-])CC(O)(C(=O)[O-])C(O)C(=O)[O-].[Ca+2].[Ca+2].[Ca+2].[H-].[H-].[H-].[H-].[H-].[H-].[Mg+2].[Mg+2].[Mg+2]. The zero-order valence-corrected chi connectivity index (χ0v) is 28.4. The zero-order chi connectivity index (χ0) is 23.0. The van der Waals surface area contributed by atoms with E-state index in [9.17, 15) is 59.4 Å². The number of hydrogen-bond donors (Lipinski definition) is 4. The molecule has 0 heterocycles. The molecule has 0 aliphatic heterocycles. The quantitative estimate of drug-likeness (QED) is 0.167. The predicted molar refractivity (Wildman–Crippen MR) is 102 cm³/mol. The second kappa shape index (κ2) is 26.0. The van der Waals surface area contributed by atoms with Crippen molar-refractivity contribution in [1.29, 1.82) is 0 Å². The second-order valence-corrected chi connectivity index (χ2v) is 4.96. The molecule has 0 bridgehead atoms. The van der Waals surface area contributed by atoms with Gasteiger partial charge >= 0.3 is 182 Å². The summed E-state index contributed by atoms with van der Waals surface area (Å²) in [6.07, 6.45) is -9.06. The Kier molecular flexibility index (Phi) is 43.4. The number of carboxylic acids is 6. The summed E-state index contributed by atoms with van der Waals surface area (Å²) in [5.41, 5.74) is -6.92. The van der Waals surface area contributed by atoms with Crippen molar-refractivity contribution in [2.75, 3.05) is 0 Å². The average Bonchev–Trinajstić information content (AvgIpc) is 2.51. The molecule has 0 amide bonds. The molecule has 0 aromatic carbocycles. The van der Waals surface area contributed by atoms with Crippen molar-refractivity contribution < 1.29 is 88.4 Å². The normalized spacial score (nSPS) is 13.8. The van der Waals surface area contributed by atoms with Crippen molar-refractivity contribution in [1.82, 2.24) is 0 Å². The smallest absolute Gasteiger partial charge is 1.00 e. The average molecular weight is 609 g/mol. The largest absolute Gasteiger partial charge is 2.00 e. The van der Waals surface area contributed by atoms with Crippen LogP contribution < -0.4 is 30.6 Å². The molecule has 4 atom stereocenters. The summed E-state index contributed by atoms with van der Waals surface area (Å²) in [4.78, 5) is 60.3. The third-order valence-electron chi connectivity index (χ3n) is 2.89. The second-order valence-electron chi connectivity index (χ2n) is 4.96. The first-order valence-corrected chi connectivity index (χ1v) is 6.48. The predicted octanol–water partition coefficient (Wildman–Crippen LogP) is -14.2. The van der Waals surface area contributed by atoms with E-state index < -0.39 is 72.1 Å². The van der Waals surface area contributed by atoms with Gasteiger partial charge in [0.2, 0.25) is 0 Å². The van der Waals surface area contributed by atoms with Crippen LogP contribution in [0.5, 0.6) is 0 Å². The minimum absolute atomic E-state index is 0. The van der Waals surface area contributed by atoms with E-state index in [2.05, 4.69) is 0 Å². The third-order valence-corrected chi connectivity index (χ3v) is 2.89. The van der Waals surface area contributed by atoms with E-state index in [1.165, 1.54) is 0 Å². The number of hydrogen-bond acceptors (Lipinski definition) is 16. The Hall–Kier alpha value is 2.74. The number of aliphatic carboxylic acids is 6. The van der Waals surface area contributed by atoms with Gasteiger partial charge in [-0.1, -0.05) is 0 Å². The molecule has 0 aliphatic rings. The minimum atomic E-state index is -3.46. The Labute approximate surface area is 337 Å². The number of carbonyl (C=O) groups excluding carboxylic acids is 6. The van der Waals surface area contributed by atoms with Crippen LogP contribution in [-0.4, -0.2) is 262 Å². The molecule has 16 nitrogen and oxygen atoms in total. The van der Waals surface area contributed by atoms with Gasteiger partial charge in [0.05, 0.1) is 23.9 Å². The van der Waals surface area contributed by atoms with Gasteiger partial charge in [-0.05, 0) is 0 Å². The van der Waals surface area contributed by atoms with Crippen LogP contribution in [0.2, 0.25) is 0 Å². The molecule has 0 saturated heterocycles. The number of aliphatic hydroxyl groups excluding tert-OH is 2. The van der Waals surface area contributed by atoms with Crippen molar-refractivity contribution in [3.63, 3.8) is 0 Å². The van der Waals surface area contributed by atoms with Crippen LogP contribution in [0.15, 0.2) is 0 Å². The molecule has 0 aromatic rings. The third kappa shape index (κ3) is 19.8. The Bertz CT molecular complexity index is 651. The summed E-state index contributed by atoms with van der Waals surface area (Å²) in [7, 11) is 0. The van der Waals surface area contributed by atoms with Gasteiger partial charge in [0.1, 0.15) is 23.4 Å². The molecule has 4 unspecified atom stereocenters. The van der Waals surface area contributed by atoms with Crippen LogP contribution in [0.1, 0.15) is 21.4 Å². The molecule has 0 radical (unpaired) electrons. The van der Waals surface area contributed by atoms with Gasteiger partial charge in [-0.2, -0.15) is 0 Å². The molecular formula is C12H16Ca3Mg3O16. The first-order chi connectivity index (χ1) is 12.4. The van der Waals surface area contributed by atoms with Gasteiger partial charge in [0.15, 0.2) is 0 Å². The molecule has 4 N–H and O–H groups in total. The van der Waals surface area contributed by atoms with Gasteiger partial charge < -0.3 is 88.4 Å². The van der Waals surface area contributed by atoms with Crippen LogP contribution in [-0.2, 0) is 28.8 Å². The van der Waals surface area contributed by atoms with E-state index in [1.54, 1.807) is 0 Å². The van der Waals surface area contributed by atoms with Gasteiger partial charge in [-0.25, -0.2) is 0 Å². The van der Waals surface area contributed by atoms with Crippen LogP contribution in [0.3, 0.4) is 0 Å². The molecule has 22 heteroatoms. The van der Waals surface area contributed by atoms with Crippen molar-refractivity contribution in [2.24, 2.45) is 0 Å². The molecule has 0 fully saturated rings. The van der Waals surface area contributed by atoms with Crippen molar-refractivity contribution in [3.05, 3.63) is 0 Å². The van der Waals surface area contributed by atoms with E-state index in [0.29, 0.717) is 0 Å². The molecule has 0 spiro atoms. The molecule has 0 rings (SSSR count). The zero-order valence-electron chi connectivity index (χ0n) is 23.5. The van der Waals surface area contributed by atoms with Crippen LogP contribution in [0, 0.1) is 0 Å². The maximum absolute atomic E-state index is 10.2. The number of aliphatic hydroxyl groups is 4. The van der Waals surface area contributed by atoms with Crippen molar-refractivity contribution in [3.8, 4) is 0 Å². The van der Waals surface area contributed by atoms with Gasteiger partial charge in [-0.3, -0.25) is 0 Å².